The van der Waals surface area contributed by atoms with E-state index in [0.29, 0.717) is 0 Å². The Morgan fingerprint density at radius 1 is 1.00 bits per heavy atom. The van der Waals surface area contributed by atoms with Gasteiger partial charge in [0.15, 0.2) is 0 Å². The summed E-state index contributed by atoms with van der Waals surface area (Å²) in [6.45, 7) is 1.44. The second-order valence-electron chi connectivity index (χ2n) is 0.931. The maximum atomic E-state index is 5.06. The van der Waals surface area contributed by atoms with Crippen molar-refractivity contribution in [2.75, 3.05) is 13.1 Å². The molecule has 0 aromatic carbocycles. The molecule has 2 nitrogen and oxygen atoms in total. The van der Waals surface area contributed by atoms with Gasteiger partial charge in [0.1, 0.15) is 0 Å². The van der Waals surface area contributed by atoms with Gasteiger partial charge in [0.05, 0.1) is 0 Å². The molecule has 0 spiro atoms. The molecule has 0 unspecified atom stereocenters. The molecule has 0 aromatic rings. The Morgan fingerprint density at radius 2 is 1.29 bits per heavy atom. The Balaban J connectivity index is -0.0000000800. The molecule has 0 aromatic heterocycles. The topological polar surface area (TPSA) is 52.0 Å². The molecule has 0 heterocycles. The molecule has 0 aliphatic rings. The first kappa shape index (κ1) is 15.7. The van der Waals surface area contributed by atoms with E-state index in [1.807, 2.05) is 0 Å². The van der Waals surface area contributed by atoms with Crippen LogP contribution in [0.5, 0.6) is 0 Å². The molecule has 0 aliphatic carbocycles. The van der Waals surface area contributed by atoms with E-state index >= 15 is 0 Å². The van der Waals surface area contributed by atoms with Crippen molar-refractivity contribution in [1.82, 2.24) is 0 Å². The molecule has 0 saturated carbocycles. The Kier molecular flexibility index (Phi) is 35.5. The average Bonchev–Trinajstić information content (AvgIpc) is 1.41. The predicted octanol–water partition coefficient (Wildman–Crippen LogP) is -4.89. The van der Waals surface area contributed by atoms with Crippen LogP contribution in [0.15, 0.2) is 0 Å². The third-order valence-electron chi connectivity index (χ3n) is 0.408. The first-order valence-corrected chi connectivity index (χ1v) is 1.82. The van der Waals surface area contributed by atoms with Gasteiger partial charge >= 0.3 is 17.6 Å². The van der Waals surface area contributed by atoms with Crippen molar-refractivity contribution in [2.45, 2.75) is 6.42 Å². The minimum atomic E-state index is 0. The van der Waals surface area contributed by atoms with Gasteiger partial charge in [-0.15, -0.1) is 0 Å². The van der Waals surface area contributed by atoms with Gasteiger partial charge < -0.3 is 23.9 Å². The summed E-state index contributed by atoms with van der Waals surface area (Å²) in [6.07, 6.45) is 0.944. The van der Waals surface area contributed by atoms with Crippen molar-refractivity contribution < 1.29 is 12.4 Å². The summed E-state index contributed by atoms with van der Waals surface area (Å²) < 4.78 is 0. The van der Waals surface area contributed by atoms with Gasteiger partial charge in [0.25, 0.3) is 0 Å². The quantitative estimate of drug-likeness (QED) is 0.424. The van der Waals surface area contributed by atoms with Crippen LogP contribution in [0.2, 0.25) is 0 Å². The van der Waals surface area contributed by atoms with Crippen LogP contribution in [0, 0.1) is 0 Å². The van der Waals surface area contributed by atoms with Crippen molar-refractivity contribution in [1.29, 1.82) is 0 Å². The average molecular weight is 185 g/mol. The van der Waals surface area contributed by atoms with E-state index in [2.05, 4.69) is 0 Å². The fourth-order valence-electron chi connectivity index (χ4n) is 0.118. The molecule has 7 heavy (non-hydrogen) atoms. The van der Waals surface area contributed by atoms with E-state index < -0.39 is 0 Å². The van der Waals surface area contributed by atoms with E-state index in [0.717, 1.165) is 19.5 Å². The summed E-state index contributed by atoms with van der Waals surface area (Å²) in [5.74, 6) is 0. The summed E-state index contributed by atoms with van der Waals surface area (Å²) in [5.41, 5.74) is 10.1. The summed E-state index contributed by atoms with van der Waals surface area (Å²) in [4.78, 5) is 0. The van der Waals surface area contributed by atoms with E-state index in [9.17, 15) is 0 Å². The van der Waals surface area contributed by atoms with Gasteiger partial charge in [-0.05, 0) is 19.5 Å². The Morgan fingerprint density at radius 3 is 1.29 bits per heavy atom. The fourth-order valence-corrected chi connectivity index (χ4v) is 0.118. The fraction of sp³-hybridized carbons (Fsp3) is 1.00. The number of hydrogen-bond acceptors (Lipinski definition) is 2. The molecule has 47 valence electrons. The Bertz CT molecular complexity index is 20.4. The van der Waals surface area contributed by atoms with Crippen LogP contribution in [0.1, 0.15) is 6.42 Å². The first-order valence-electron chi connectivity index (χ1n) is 1.82. The number of halogens is 1. The van der Waals surface area contributed by atoms with Gasteiger partial charge in [-0.2, -0.15) is 0 Å². The minimum absolute atomic E-state index is 0. The van der Waals surface area contributed by atoms with Crippen LogP contribution in [-0.4, -0.2) is 30.7 Å². The van der Waals surface area contributed by atoms with E-state index in [4.69, 9.17) is 11.5 Å². The van der Waals surface area contributed by atoms with Crippen molar-refractivity contribution >= 4 is 17.6 Å². The van der Waals surface area contributed by atoms with Crippen LogP contribution in [0.3, 0.4) is 0 Å². The summed E-state index contributed by atoms with van der Waals surface area (Å²) in [6, 6.07) is 0. The van der Waals surface area contributed by atoms with Crippen molar-refractivity contribution in [3.05, 3.63) is 0 Å². The number of rotatable bonds is 2. The third kappa shape index (κ3) is 20.1. The van der Waals surface area contributed by atoms with Gasteiger partial charge in [-0.3, -0.25) is 0 Å². The molecular formula is C3H13ClGeN2-. The van der Waals surface area contributed by atoms with Crippen LogP contribution < -0.4 is 23.9 Å². The van der Waals surface area contributed by atoms with Crippen LogP contribution in [0.25, 0.3) is 0 Å². The van der Waals surface area contributed by atoms with Crippen molar-refractivity contribution in [3.8, 4) is 0 Å². The molecular weight excluding hydrogens is 172 g/mol. The molecule has 0 bridgehead atoms. The second-order valence-corrected chi connectivity index (χ2v) is 0.931. The van der Waals surface area contributed by atoms with Gasteiger partial charge in [-0.25, -0.2) is 0 Å². The normalized spacial score (nSPS) is 6.00. The molecule has 0 atom stereocenters. The Hall–Kier alpha value is 0.753. The van der Waals surface area contributed by atoms with Crippen molar-refractivity contribution in [3.63, 3.8) is 0 Å². The first-order chi connectivity index (χ1) is 2.41. The summed E-state index contributed by atoms with van der Waals surface area (Å²) in [5, 5.41) is 0. The molecule has 0 saturated heterocycles. The molecule has 0 fully saturated rings. The molecule has 4 heteroatoms. The van der Waals surface area contributed by atoms with Crippen LogP contribution in [0.4, 0.5) is 0 Å². The van der Waals surface area contributed by atoms with Gasteiger partial charge in [0.2, 0.25) is 0 Å². The molecule has 0 amide bonds. The molecule has 0 rings (SSSR count). The van der Waals surface area contributed by atoms with E-state index in [-0.39, 0.29) is 30.0 Å². The van der Waals surface area contributed by atoms with E-state index in [1.165, 1.54) is 0 Å². The monoisotopic (exact) mass is 186 g/mol. The Labute approximate surface area is 61.4 Å². The zero-order chi connectivity index (χ0) is 4.12. The molecule has 4 N–H and O–H groups in total. The molecule has 1 radical (unpaired) electrons. The van der Waals surface area contributed by atoms with Gasteiger partial charge in [0, 0.05) is 0 Å². The van der Waals surface area contributed by atoms with E-state index in [1.54, 1.807) is 0 Å². The second kappa shape index (κ2) is 15.9. The summed E-state index contributed by atoms with van der Waals surface area (Å²) >= 11 is 0. The third-order valence-corrected chi connectivity index (χ3v) is 0.408. The van der Waals surface area contributed by atoms with Crippen molar-refractivity contribution in [2.24, 2.45) is 11.5 Å². The zero-order valence-electron chi connectivity index (χ0n) is 4.65. The standard InChI is InChI=1S/C3H10N2.ClH.GeH3/c4-2-1-3-5;;/h1-5H2;1H;1H3/p-1. The van der Waals surface area contributed by atoms with Crippen LogP contribution >= 0.6 is 0 Å². The van der Waals surface area contributed by atoms with Gasteiger partial charge in [-0.1, -0.05) is 0 Å². The SMILES string of the molecule is NCCCN.[Cl-].[GeH3]. The van der Waals surface area contributed by atoms with Crippen LogP contribution in [-0.2, 0) is 0 Å². The predicted molar refractivity (Wildman–Crippen MR) is 32.7 cm³/mol. The zero-order valence-corrected chi connectivity index (χ0v) is 9.61. The maximum absolute atomic E-state index is 5.06. The molecule has 0 aliphatic heterocycles. The number of hydrogen-bond donors (Lipinski definition) is 2. The number of nitrogens with two attached hydrogens (primary N) is 2. The summed E-state index contributed by atoms with van der Waals surface area (Å²) in [7, 11) is 0.